The van der Waals surface area contributed by atoms with E-state index in [1.165, 1.54) is 12.3 Å². The van der Waals surface area contributed by atoms with Crippen LogP contribution >= 0.6 is 12.2 Å². The first-order chi connectivity index (χ1) is 9.56. The van der Waals surface area contributed by atoms with Crippen molar-refractivity contribution in [1.29, 1.82) is 0 Å². The van der Waals surface area contributed by atoms with Crippen molar-refractivity contribution in [2.75, 3.05) is 5.32 Å². The summed E-state index contributed by atoms with van der Waals surface area (Å²) in [6.45, 7) is 0.341. The van der Waals surface area contributed by atoms with Gasteiger partial charge in [-0.1, -0.05) is 0 Å². The first-order valence-electron chi connectivity index (χ1n) is 5.57. The minimum Gasteiger partial charge on any atom is -0.467 e. The molecule has 20 heavy (non-hydrogen) atoms. The second-order valence-corrected chi connectivity index (χ2v) is 4.21. The average Bonchev–Trinajstić information content (AvgIpc) is 2.91. The van der Waals surface area contributed by atoms with E-state index in [9.17, 15) is 14.5 Å². The SMILES string of the molecule is O=[N+]([O-])c1cc(F)ccc1NC(=S)NCc1ccco1. The molecule has 0 spiro atoms. The van der Waals surface area contributed by atoms with Crippen LogP contribution in [0, 0.1) is 15.9 Å². The van der Waals surface area contributed by atoms with E-state index in [0.29, 0.717) is 12.3 Å². The molecule has 2 N–H and O–H groups in total. The Bertz CT molecular complexity index is 631. The topological polar surface area (TPSA) is 80.3 Å². The Morgan fingerprint density at radius 1 is 1.45 bits per heavy atom. The first kappa shape index (κ1) is 13.9. The van der Waals surface area contributed by atoms with Crippen molar-refractivity contribution in [3.05, 3.63) is 58.3 Å². The summed E-state index contributed by atoms with van der Waals surface area (Å²) in [4.78, 5) is 10.1. The van der Waals surface area contributed by atoms with Gasteiger partial charge in [0.1, 0.15) is 17.3 Å². The van der Waals surface area contributed by atoms with Gasteiger partial charge in [0.15, 0.2) is 5.11 Å². The molecule has 1 aromatic carbocycles. The van der Waals surface area contributed by atoms with Crippen molar-refractivity contribution in [3.63, 3.8) is 0 Å². The van der Waals surface area contributed by atoms with Crippen molar-refractivity contribution in [3.8, 4) is 0 Å². The Morgan fingerprint density at radius 2 is 2.25 bits per heavy atom. The summed E-state index contributed by atoms with van der Waals surface area (Å²) in [6.07, 6.45) is 1.53. The fourth-order valence-corrected chi connectivity index (χ4v) is 1.69. The molecule has 0 aliphatic carbocycles. The monoisotopic (exact) mass is 295 g/mol. The van der Waals surface area contributed by atoms with Gasteiger partial charge in [0, 0.05) is 0 Å². The third-order valence-corrected chi connectivity index (χ3v) is 2.65. The highest BCUT2D eigenvalue weighted by Gasteiger charge is 2.15. The van der Waals surface area contributed by atoms with Crippen LogP contribution in [0.4, 0.5) is 15.8 Å². The third-order valence-electron chi connectivity index (χ3n) is 2.41. The molecule has 0 unspecified atom stereocenters. The highest BCUT2D eigenvalue weighted by atomic mass is 32.1. The van der Waals surface area contributed by atoms with Crippen molar-refractivity contribution in [2.24, 2.45) is 0 Å². The number of hydrogen-bond donors (Lipinski definition) is 2. The molecule has 6 nitrogen and oxygen atoms in total. The Morgan fingerprint density at radius 3 is 2.90 bits per heavy atom. The summed E-state index contributed by atoms with van der Waals surface area (Å²) >= 11 is 5.01. The number of halogens is 1. The van der Waals surface area contributed by atoms with Crippen LogP contribution in [0.3, 0.4) is 0 Å². The van der Waals surface area contributed by atoms with Crippen LogP contribution in [-0.4, -0.2) is 10.0 Å². The Labute approximate surface area is 118 Å². The lowest BCUT2D eigenvalue weighted by Crippen LogP contribution is -2.28. The lowest BCUT2D eigenvalue weighted by molar-refractivity contribution is -0.384. The molecule has 0 atom stereocenters. The number of hydrogen-bond acceptors (Lipinski definition) is 4. The molecule has 0 fully saturated rings. The van der Waals surface area contributed by atoms with Gasteiger partial charge in [-0.05, 0) is 36.5 Å². The molecule has 2 aromatic rings. The zero-order valence-corrected chi connectivity index (χ0v) is 10.9. The number of nitrogens with one attached hydrogen (secondary N) is 2. The highest BCUT2D eigenvalue weighted by molar-refractivity contribution is 7.80. The van der Waals surface area contributed by atoms with E-state index in [0.717, 1.165) is 12.1 Å². The van der Waals surface area contributed by atoms with Gasteiger partial charge in [-0.3, -0.25) is 10.1 Å². The number of nitrogens with zero attached hydrogens (tertiary/aromatic N) is 1. The Hall–Kier alpha value is -2.48. The second kappa shape index (κ2) is 6.11. The Balaban J connectivity index is 2.02. The number of furan rings is 1. The first-order valence-corrected chi connectivity index (χ1v) is 5.98. The van der Waals surface area contributed by atoms with Crippen LogP contribution in [0.5, 0.6) is 0 Å². The van der Waals surface area contributed by atoms with E-state index >= 15 is 0 Å². The number of nitro benzene ring substituents is 1. The lowest BCUT2D eigenvalue weighted by atomic mass is 10.2. The molecule has 8 heteroatoms. The number of anilines is 1. The van der Waals surface area contributed by atoms with Crippen LogP contribution in [0.25, 0.3) is 0 Å². The predicted molar refractivity (Wildman–Crippen MR) is 74.8 cm³/mol. The second-order valence-electron chi connectivity index (χ2n) is 3.81. The van der Waals surface area contributed by atoms with Gasteiger partial charge in [-0.25, -0.2) is 4.39 Å². The molecule has 0 saturated carbocycles. The molecule has 0 aliphatic rings. The van der Waals surface area contributed by atoms with Crippen molar-refractivity contribution >= 4 is 28.7 Å². The number of rotatable bonds is 4. The van der Waals surface area contributed by atoms with Gasteiger partial charge < -0.3 is 15.1 Å². The maximum atomic E-state index is 13.0. The zero-order chi connectivity index (χ0) is 14.5. The maximum absolute atomic E-state index is 13.0. The van der Waals surface area contributed by atoms with Gasteiger partial charge in [0.2, 0.25) is 0 Å². The van der Waals surface area contributed by atoms with E-state index in [-0.39, 0.29) is 16.5 Å². The van der Waals surface area contributed by atoms with Gasteiger partial charge in [-0.2, -0.15) is 0 Å². The van der Waals surface area contributed by atoms with Gasteiger partial charge in [-0.15, -0.1) is 0 Å². The maximum Gasteiger partial charge on any atom is 0.295 e. The summed E-state index contributed by atoms with van der Waals surface area (Å²) in [5.41, 5.74) is -0.263. The standard InChI is InChI=1S/C12H10FN3O3S/c13-8-3-4-10(11(6-8)16(17)18)15-12(20)14-7-9-2-1-5-19-9/h1-6H,7H2,(H2,14,15,20). The molecule has 104 valence electrons. The molecule has 0 radical (unpaired) electrons. The van der Waals surface area contributed by atoms with E-state index in [1.54, 1.807) is 12.1 Å². The number of benzene rings is 1. The van der Waals surface area contributed by atoms with Crippen molar-refractivity contribution in [1.82, 2.24) is 5.32 Å². The van der Waals surface area contributed by atoms with E-state index in [2.05, 4.69) is 10.6 Å². The van der Waals surface area contributed by atoms with Gasteiger partial charge in [0.25, 0.3) is 5.69 Å². The van der Waals surface area contributed by atoms with Crippen LogP contribution in [0.1, 0.15) is 5.76 Å². The lowest BCUT2D eigenvalue weighted by Gasteiger charge is -2.09. The number of thiocarbonyl (C=S) groups is 1. The molecule has 0 saturated heterocycles. The van der Waals surface area contributed by atoms with E-state index in [1.807, 2.05) is 0 Å². The molecule has 0 aliphatic heterocycles. The fourth-order valence-electron chi connectivity index (χ4n) is 1.51. The summed E-state index contributed by atoms with van der Waals surface area (Å²) in [6, 6.07) is 6.70. The summed E-state index contributed by atoms with van der Waals surface area (Å²) in [5.74, 6) is -0.0144. The average molecular weight is 295 g/mol. The van der Waals surface area contributed by atoms with Crippen molar-refractivity contribution in [2.45, 2.75) is 6.54 Å². The van der Waals surface area contributed by atoms with Gasteiger partial charge >= 0.3 is 0 Å². The third kappa shape index (κ3) is 3.51. The quantitative estimate of drug-likeness (QED) is 0.513. The van der Waals surface area contributed by atoms with E-state index in [4.69, 9.17) is 16.6 Å². The minimum absolute atomic E-state index is 0.119. The molecule has 0 amide bonds. The molecule has 1 aromatic heterocycles. The normalized spacial score (nSPS) is 10.1. The number of nitro groups is 1. The van der Waals surface area contributed by atoms with Crippen LogP contribution in [-0.2, 0) is 6.54 Å². The Kier molecular flexibility index (Phi) is 4.26. The minimum atomic E-state index is -0.684. The van der Waals surface area contributed by atoms with Gasteiger partial charge in [0.05, 0.1) is 23.8 Å². The predicted octanol–water partition coefficient (Wildman–Crippen LogP) is 2.81. The largest absolute Gasteiger partial charge is 0.467 e. The smallest absolute Gasteiger partial charge is 0.295 e. The summed E-state index contributed by atoms with van der Waals surface area (Å²) in [7, 11) is 0. The van der Waals surface area contributed by atoms with E-state index < -0.39 is 10.7 Å². The summed E-state index contributed by atoms with van der Waals surface area (Å²) < 4.78 is 18.1. The van der Waals surface area contributed by atoms with Crippen molar-refractivity contribution < 1.29 is 13.7 Å². The fraction of sp³-hybridized carbons (Fsp3) is 0.0833. The van der Waals surface area contributed by atoms with Crippen LogP contribution in [0.15, 0.2) is 41.0 Å². The molecular formula is C12H10FN3O3S. The zero-order valence-electron chi connectivity index (χ0n) is 10.1. The summed E-state index contributed by atoms with van der Waals surface area (Å²) in [5, 5.41) is 16.5. The molecule has 2 rings (SSSR count). The molecule has 0 bridgehead atoms. The van der Waals surface area contributed by atoms with Crippen LogP contribution < -0.4 is 10.6 Å². The highest BCUT2D eigenvalue weighted by Crippen LogP contribution is 2.24. The van der Waals surface area contributed by atoms with Crippen LogP contribution in [0.2, 0.25) is 0 Å². The molecular weight excluding hydrogens is 285 g/mol. The molecule has 1 heterocycles.